The Morgan fingerprint density at radius 1 is 0.213 bits per heavy atom. The van der Waals surface area contributed by atoms with Gasteiger partial charge in [-0.3, -0.25) is 0 Å². The highest BCUT2D eigenvalue weighted by Crippen LogP contribution is 2.31. The zero-order valence-corrected chi connectivity index (χ0v) is 46.5. The van der Waals surface area contributed by atoms with Crippen LogP contribution in [0.3, 0.4) is 0 Å². The van der Waals surface area contributed by atoms with Crippen LogP contribution in [0, 0.1) is 0 Å². The Labute approximate surface area is 304 Å². The van der Waals surface area contributed by atoms with Crippen molar-refractivity contribution in [3.05, 3.63) is 0 Å². The van der Waals surface area contributed by atoms with Gasteiger partial charge in [0.1, 0.15) is 0 Å². The first-order chi connectivity index (χ1) is 20.2. The van der Waals surface area contributed by atoms with Gasteiger partial charge in [-0.15, -0.1) is 0 Å². The van der Waals surface area contributed by atoms with Crippen molar-refractivity contribution in [2.45, 2.75) is 157 Å². The standard InChI is InChI=1S/C24H72O11Si12/c1-36(2)25-38(5,6)27-40(9,10)29-42(13,14)31-44(17,18)33-46(21,22)35-47(23,24)34-45(19,20)32-43(15,16)30-41(11,12)28-39(7,8)26-37(3)4/h1-24H3. The summed E-state index contributed by atoms with van der Waals surface area (Å²) in [5.41, 5.74) is 0. The molecule has 0 atom stereocenters. The first-order valence-corrected chi connectivity index (χ1v) is 49.5. The molecule has 11 nitrogen and oxygen atoms in total. The minimum Gasteiger partial charge on any atom is -0.437 e. The number of hydrogen-bond donors (Lipinski definition) is 0. The van der Waals surface area contributed by atoms with Gasteiger partial charge in [-0.2, -0.15) is 0 Å². The predicted octanol–water partition coefficient (Wildman–Crippen LogP) is 8.69. The van der Waals surface area contributed by atoms with Gasteiger partial charge >= 0.3 is 85.6 Å². The van der Waals surface area contributed by atoms with E-state index < -0.39 is 104 Å². The van der Waals surface area contributed by atoms with Gasteiger partial charge in [-0.25, -0.2) is 0 Å². The lowest BCUT2D eigenvalue weighted by atomic mass is 11.9. The van der Waals surface area contributed by atoms with Crippen molar-refractivity contribution in [1.82, 2.24) is 0 Å². The molecule has 0 aliphatic rings. The first-order valence-electron chi connectivity index (χ1n) is 16.5. The van der Waals surface area contributed by atoms with Crippen molar-refractivity contribution >= 4 is 104 Å². The fraction of sp³-hybridized carbons (Fsp3) is 1.00. The molecule has 2 radical (unpaired) electrons. The van der Waals surface area contributed by atoms with E-state index >= 15 is 0 Å². The van der Waals surface area contributed by atoms with E-state index in [2.05, 4.69) is 157 Å². The molecule has 0 fully saturated rings. The Bertz CT molecular complexity index is 915. The Morgan fingerprint density at radius 2 is 0.319 bits per heavy atom. The van der Waals surface area contributed by atoms with E-state index in [4.69, 9.17) is 45.3 Å². The van der Waals surface area contributed by atoms with E-state index in [9.17, 15) is 0 Å². The lowest BCUT2D eigenvalue weighted by Gasteiger charge is -2.44. The average molecular weight is 874 g/mol. The Kier molecular flexibility index (Phi) is 17.9. The van der Waals surface area contributed by atoms with Crippen LogP contribution >= 0.6 is 0 Å². The van der Waals surface area contributed by atoms with E-state index in [0.717, 1.165) is 0 Å². The second kappa shape index (κ2) is 17.1. The maximum absolute atomic E-state index is 6.78. The Hall–Kier alpha value is 2.16. The summed E-state index contributed by atoms with van der Waals surface area (Å²) in [6, 6.07) is 0. The fourth-order valence-corrected chi connectivity index (χ4v) is 62.4. The molecule has 0 aliphatic heterocycles. The highest BCUT2D eigenvalue weighted by molar-refractivity contribution is 6.93. The molecule has 282 valence electrons. The van der Waals surface area contributed by atoms with Crippen molar-refractivity contribution in [2.24, 2.45) is 0 Å². The van der Waals surface area contributed by atoms with Crippen LogP contribution in [-0.2, 0) is 45.3 Å². The van der Waals surface area contributed by atoms with Gasteiger partial charge < -0.3 is 45.3 Å². The Balaban J connectivity index is 5.51. The van der Waals surface area contributed by atoms with Gasteiger partial charge in [0.2, 0.25) is 0 Å². The third-order valence-electron chi connectivity index (χ3n) is 5.32. The van der Waals surface area contributed by atoms with Crippen molar-refractivity contribution in [1.29, 1.82) is 0 Å². The molecular formula is C24H72O11Si12. The van der Waals surface area contributed by atoms with E-state index in [1.807, 2.05) is 0 Å². The largest absolute Gasteiger partial charge is 0.437 e. The normalized spacial score (nSPS) is 15.7. The van der Waals surface area contributed by atoms with Crippen LogP contribution in [0.25, 0.3) is 0 Å². The van der Waals surface area contributed by atoms with Crippen LogP contribution in [0.4, 0.5) is 0 Å². The third-order valence-corrected chi connectivity index (χ3v) is 47.9. The average Bonchev–Trinajstić information content (AvgIpc) is 2.54. The van der Waals surface area contributed by atoms with Gasteiger partial charge in [-0.1, -0.05) is 0 Å². The smallest absolute Gasteiger partial charge is 0.314 e. The lowest BCUT2D eigenvalue weighted by Crippen LogP contribution is -2.62. The van der Waals surface area contributed by atoms with E-state index in [1.54, 1.807) is 0 Å². The zero-order chi connectivity index (χ0) is 37.9. The summed E-state index contributed by atoms with van der Waals surface area (Å²) in [4.78, 5) is 0. The van der Waals surface area contributed by atoms with Crippen molar-refractivity contribution in [2.75, 3.05) is 0 Å². The molecule has 0 amide bonds. The molecule has 0 saturated heterocycles. The summed E-state index contributed by atoms with van der Waals surface area (Å²) >= 11 is 0. The van der Waals surface area contributed by atoms with Crippen LogP contribution in [-0.4, -0.2) is 104 Å². The van der Waals surface area contributed by atoms with Crippen molar-refractivity contribution in [3.63, 3.8) is 0 Å². The minimum absolute atomic E-state index is 0.868. The number of rotatable bonds is 22. The van der Waals surface area contributed by atoms with Gasteiger partial charge in [-0.05, 0) is 157 Å². The SMILES string of the molecule is C[Si](C)O[Si](C)(C)O[Si](C)(C)O[Si](C)(C)O[Si](C)(C)O[Si](C)(C)O[Si](C)(C)O[Si](C)(C)O[Si](C)(C)O[Si](C)(C)O[Si](C)(C)O[Si](C)C. The summed E-state index contributed by atoms with van der Waals surface area (Å²) in [6.45, 7) is 50.0. The maximum Gasteiger partial charge on any atom is 0.314 e. The zero-order valence-electron chi connectivity index (χ0n) is 34.5. The molecule has 0 N–H and O–H groups in total. The second-order valence-corrected chi connectivity index (χ2v) is 57.5. The lowest BCUT2D eigenvalue weighted by molar-refractivity contribution is 0.254. The molecule has 0 aromatic heterocycles. The van der Waals surface area contributed by atoms with Crippen molar-refractivity contribution in [3.8, 4) is 0 Å². The summed E-state index contributed by atoms with van der Waals surface area (Å²) < 4.78 is 72.6. The van der Waals surface area contributed by atoms with Crippen molar-refractivity contribution < 1.29 is 45.3 Å². The fourth-order valence-electron chi connectivity index (χ4n) is 6.52. The van der Waals surface area contributed by atoms with Crippen LogP contribution in [0.15, 0.2) is 0 Å². The van der Waals surface area contributed by atoms with Crippen LogP contribution < -0.4 is 0 Å². The van der Waals surface area contributed by atoms with Crippen LogP contribution in [0.5, 0.6) is 0 Å². The predicted molar refractivity (Wildman–Crippen MR) is 222 cm³/mol. The maximum atomic E-state index is 6.78. The molecule has 0 aromatic rings. The summed E-state index contributed by atoms with van der Waals surface area (Å²) in [6.07, 6.45) is 0. The van der Waals surface area contributed by atoms with Crippen LogP contribution in [0.1, 0.15) is 0 Å². The highest BCUT2D eigenvalue weighted by atomic mass is 28.5. The summed E-state index contributed by atoms with van der Waals surface area (Å²) in [5, 5.41) is 0. The third kappa shape index (κ3) is 23.4. The molecule has 0 heterocycles. The molecule has 0 saturated carbocycles. The molecule has 0 rings (SSSR count). The summed E-state index contributed by atoms with van der Waals surface area (Å²) in [7, 11) is -27.3. The second-order valence-electron chi connectivity index (χ2n) is 16.9. The molecule has 47 heavy (non-hydrogen) atoms. The van der Waals surface area contributed by atoms with E-state index in [1.165, 1.54) is 0 Å². The van der Waals surface area contributed by atoms with Gasteiger partial charge in [0.15, 0.2) is 18.1 Å². The summed E-state index contributed by atoms with van der Waals surface area (Å²) in [5.74, 6) is 0. The quantitative estimate of drug-likeness (QED) is 0.0978. The van der Waals surface area contributed by atoms with Crippen LogP contribution in [0.2, 0.25) is 157 Å². The molecule has 0 aliphatic carbocycles. The molecule has 0 unspecified atom stereocenters. The number of hydrogen-bond acceptors (Lipinski definition) is 11. The molecule has 0 bridgehead atoms. The van der Waals surface area contributed by atoms with E-state index in [-0.39, 0.29) is 0 Å². The monoisotopic (exact) mass is 872 g/mol. The van der Waals surface area contributed by atoms with Gasteiger partial charge in [0.05, 0.1) is 0 Å². The highest BCUT2D eigenvalue weighted by Gasteiger charge is 2.51. The first kappa shape index (κ1) is 49.2. The minimum atomic E-state index is -2.69. The van der Waals surface area contributed by atoms with E-state index in [0.29, 0.717) is 0 Å². The molecule has 23 heteroatoms. The Morgan fingerprint density at radius 3 is 0.426 bits per heavy atom. The molecule has 0 spiro atoms. The van der Waals surface area contributed by atoms with Gasteiger partial charge in [0.25, 0.3) is 0 Å². The topological polar surface area (TPSA) is 102 Å². The van der Waals surface area contributed by atoms with Gasteiger partial charge in [0, 0.05) is 0 Å². The molecular weight excluding hydrogens is 801 g/mol. The molecule has 0 aromatic carbocycles.